The number of ether oxygens (including phenoxy) is 1. The Hall–Kier alpha value is -0.150. The second kappa shape index (κ2) is 7.22. The maximum absolute atomic E-state index is 11.9. The van der Waals surface area contributed by atoms with Crippen LogP contribution in [-0.4, -0.2) is 46.2 Å². The number of aliphatic carboxylic acids is 1. The van der Waals surface area contributed by atoms with Crippen LogP contribution in [0.3, 0.4) is 0 Å². The third-order valence-electron chi connectivity index (χ3n) is 3.00. The Balaban J connectivity index is 0.00000200. The molecule has 0 aromatic carbocycles. The summed E-state index contributed by atoms with van der Waals surface area (Å²) in [6.45, 7) is 1.11. The number of thioether (sulfide) groups is 1. The van der Waals surface area contributed by atoms with Crippen LogP contribution in [0.25, 0.3) is 0 Å². The average Bonchev–Trinajstić information content (AvgIpc) is 2.35. The molecule has 1 saturated heterocycles. The molecule has 0 bridgehead atoms. The first-order chi connectivity index (χ1) is 8.97. The molecule has 0 aliphatic carbocycles. The van der Waals surface area contributed by atoms with Gasteiger partial charge in [-0.05, 0) is 0 Å². The largest absolute Gasteiger partial charge is 1.00 e. The van der Waals surface area contributed by atoms with Crippen LogP contribution in [-0.2, 0) is 19.1 Å². The molecule has 0 N–H and O–H groups in total. The zero-order valence-electron chi connectivity index (χ0n) is 11.1. The van der Waals surface area contributed by atoms with E-state index in [0.717, 1.165) is 0 Å². The summed E-state index contributed by atoms with van der Waals surface area (Å²) in [4.78, 5) is 35.1. The number of carbonyl (C=O) groups excluding carboxylic acids is 3. The van der Waals surface area contributed by atoms with Crippen molar-refractivity contribution in [3.8, 4) is 0 Å². The van der Waals surface area contributed by atoms with E-state index in [1.54, 1.807) is 0 Å². The van der Waals surface area contributed by atoms with Crippen molar-refractivity contribution in [3.05, 3.63) is 11.3 Å². The second-order valence-corrected chi connectivity index (χ2v) is 5.69. The predicted octanol–water partition coefficient (Wildman–Crippen LogP) is -3.98. The molecule has 2 aliphatic heterocycles. The third kappa shape index (κ3) is 3.19. The Morgan fingerprint density at radius 3 is 2.70 bits per heavy atom. The van der Waals surface area contributed by atoms with E-state index in [1.165, 1.54) is 23.6 Å². The Kier molecular flexibility index (Phi) is 6.46. The second-order valence-electron chi connectivity index (χ2n) is 4.22. The van der Waals surface area contributed by atoms with Crippen LogP contribution in [0.4, 0.5) is 0 Å². The fraction of sp³-hybridized carbons (Fsp3) is 0.545. The summed E-state index contributed by atoms with van der Waals surface area (Å²) in [6.07, 6.45) is 0. The molecule has 9 heteroatoms. The topological polar surface area (TPSA) is 86.7 Å². The molecule has 0 spiro atoms. The summed E-state index contributed by atoms with van der Waals surface area (Å²) in [7, 11) is 0. The standard InChI is InChI=1S/C11H13NO5S2.Na/c1-5(13)17-2-6-4-19-10-7(3-18)9(14)12(10)8(6)11(15)16;/h7,10,18H,2-4H2,1H3,(H,15,16);/q;+1/p-1/t7-,10+;/m0./s1. The molecule has 2 heterocycles. The molecule has 1 amide bonds. The number of hydrogen-bond donors (Lipinski definition) is 1. The van der Waals surface area contributed by atoms with Crippen molar-refractivity contribution >= 4 is 42.2 Å². The van der Waals surface area contributed by atoms with Crippen LogP contribution < -0.4 is 34.7 Å². The number of esters is 1. The van der Waals surface area contributed by atoms with Crippen molar-refractivity contribution in [3.63, 3.8) is 0 Å². The molecule has 0 saturated carbocycles. The molecule has 0 aromatic rings. The number of thiol groups is 1. The molecule has 2 rings (SSSR count). The van der Waals surface area contributed by atoms with Crippen molar-refractivity contribution in [1.29, 1.82) is 0 Å². The fourth-order valence-corrected chi connectivity index (χ4v) is 3.98. The van der Waals surface area contributed by atoms with Crippen LogP contribution in [0.2, 0.25) is 0 Å². The smallest absolute Gasteiger partial charge is 0.543 e. The van der Waals surface area contributed by atoms with Gasteiger partial charge in [-0.2, -0.15) is 12.6 Å². The van der Waals surface area contributed by atoms with E-state index in [1.807, 2.05) is 0 Å². The molecule has 1 fully saturated rings. The number of amides is 1. The van der Waals surface area contributed by atoms with Gasteiger partial charge in [0.05, 0.1) is 23.0 Å². The van der Waals surface area contributed by atoms with Gasteiger partial charge in [-0.25, -0.2) is 0 Å². The molecule has 0 unspecified atom stereocenters. The number of β-lactam (4-membered cyclic amide) rings is 1. The third-order valence-corrected chi connectivity index (χ3v) is 4.79. The Bertz CT molecular complexity index is 481. The summed E-state index contributed by atoms with van der Waals surface area (Å²) >= 11 is 5.53. The number of nitrogens with zero attached hydrogens (tertiary/aromatic N) is 1. The van der Waals surface area contributed by atoms with E-state index < -0.39 is 11.9 Å². The summed E-state index contributed by atoms with van der Waals surface area (Å²) in [5.74, 6) is -1.68. The first kappa shape index (κ1) is 17.9. The number of carbonyl (C=O) groups is 3. The van der Waals surface area contributed by atoms with Crippen LogP contribution in [0, 0.1) is 5.92 Å². The quantitative estimate of drug-likeness (QED) is 0.246. The zero-order valence-corrected chi connectivity index (χ0v) is 14.8. The van der Waals surface area contributed by atoms with E-state index in [4.69, 9.17) is 4.74 Å². The fourth-order valence-electron chi connectivity index (χ4n) is 2.09. The van der Waals surface area contributed by atoms with Crippen molar-refractivity contribution in [2.24, 2.45) is 5.92 Å². The molecule has 104 valence electrons. The van der Waals surface area contributed by atoms with Gasteiger partial charge in [-0.15, -0.1) is 11.8 Å². The number of fused-ring (bicyclic) bond motifs is 1. The molecular formula is C11H12NNaO5S2. The van der Waals surface area contributed by atoms with E-state index >= 15 is 0 Å². The molecule has 2 aliphatic rings. The van der Waals surface area contributed by atoms with Crippen LogP contribution in [0.15, 0.2) is 11.3 Å². The maximum atomic E-state index is 11.9. The van der Waals surface area contributed by atoms with Gasteiger partial charge in [0.15, 0.2) is 0 Å². The number of hydrogen-bond acceptors (Lipinski definition) is 7. The summed E-state index contributed by atoms with van der Waals surface area (Å²) in [5.41, 5.74) is 0.232. The van der Waals surface area contributed by atoms with Gasteiger partial charge in [0.2, 0.25) is 5.91 Å². The van der Waals surface area contributed by atoms with Gasteiger partial charge in [-0.3, -0.25) is 14.5 Å². The van der Waals surface area contributed by atoms with Crippen LogP contribution in [0.1, 0.15) is 6.92 Å². The molecule has 0 radical (unpaired) electrons. The maximum Gasteiger partial charge on any atom is 1.00 e. The SMILES string of the molecule is CC(=O)OCC1=C(C(=O)[O-])N2C(=O)[C@H](CS)[C@H]2SC1.[Na+]. The first-order valence-electron chi connectivity index (χ1n) is 5.59. The summed E-state index contributed by atoms with van der Waals surface area (Å²) < 4.78 is 4.80. The minimum Gasteiger partial charge on any atom is -0.543 e. The van der Waals surface area contributed by atoms with Crippen LogP contribution in [0.5, 0.6) is 0 Å². The van der Waals surface area contributed by atoms with Gasteiger partial charge in [0.1, 0.15) is 6.61 Å². The summed E-state index contributed by atoms with van der Waals surface area (Å²) in [6, 6.07) is 0. The Labute approximate surface area is 148 Å². The van der Waals surface area contributed by atoms with E-state index in [-0.39, 0.29) is 59.1 Å². The van der Waals surface area contributed by atoms with Gasteiger partial charge in [-0.1, -0.05) is 0 Å². The van der Waals surface area contributed by atoms with Gasteiger partial charge in [0.25, 0.3) is 0 Å². The first-order valence-corrected chi connectivity index (χ1v) is 7.27. The summed E-state index contributed by atoms with van der Waals surface area (Å²) in [5, 5.41) is 11.0. The average molecular weight is 325 g/mol. The minimum atomic E-state index is -1.42. The van der Waals surface area contributed by atoms with Gasteiger partial charge in [0, 0.05) is 24.0 Å². The Morgan fingerprint density at radius 2 is 2.20 bits per heavy atom. The number of rotatable bonds is 4. The minimum absolute atomic E-state index is 0. The number of carboxylic acids is 1. The molecular weight excluding hydrogens is 313 g/mol. The van der Waals surface area contributed by atoms with E-state index in [0.29, 0.717) is 17.1 Å². The molecule has 20 heavy (non-hydrogen) atoms. The van der Waals surface area contributed by atoms with Crippen molar-refractivity contribution in [2.75, 3.05) is 18.1 Å². The monoisotopic (exact) mass is 325 g/mol. The van der Waals surface area contributed by atoms with Gasteiger partial charge >= 0.3 is 35.5 Å². The molecule has 6 nitrogen and oxygen atoms in total. The zero-order chi connectivity index (χ0) is 14.2. The van der Waals surface area contributed by atoms with Gasteiger partial charge < -0.3 is 14.6 Å². The Morgan fingerprint density at radius 1 is 1.55 bits per heavy atom. The van der Waals surface area contributed by atoms with Crippen molar-refractivity contribution < 1.29 is 53.8 Å². The van der Waals surface area contributed by atoms with Crippen LogP contribution >= 0.6 is 24.4 Å². The predicted molar refractivity (Wildman–Crippen MR) is 69.1 cm³/mol. The van der Waals surface area contributed by atoms with E-state index in [2.05, 4.69) is 12.6 Å². The van der Waals surface area contributed by atoms with E-state index in [9.17, 15) is 19.5 Å². The molecule has 2 atom stereocenters. The normalized spacial score (nSPS) is 24.5. The van der Waals surface area contributed by atoms with Crippen molar-refractivity contribution in [1.82, 2.24) is 4.90 Å². The van der Waals surface area contributed by atoms with Crippen molar-refractivity contribution in [2.45, 2.75) is 12.3 Å². The number of carboxylic acid groups (broad SMARTS) is 1. The molecule has 0 aromatic heterocycles.